The molecule has 1 unspecified atom stereocenters. The van der Waals surface area contributed by atoms with Crippen LogP contribution in [0, 0.1) is 23.2 Å². The molecule has 0 saturated heterocycles. The smallest absolute Gasteiger partial charge is 0.253 e. The maximum atomic E-state index is 12.5. The second-order valence-corrected chi connectivity index (χ2v) is 9.70. The highest BCUT2D eigenvalue weighted by atomic mass is 16.2. The van der Waals surface area contributed by atoms with Gasteiger partial charge in [-0.3, -0.25) is 9.59 Å². The van der Waals surface area contributed by atoms with Crippen molar-refractivity contribution in [1.29, 1.82) is 0 Å². The van der Waals surface area contributed by atoms with Crippen molar-refractivity contribution in [2.45, 2.75) is 51.5 Å². The van der Waals surface area contributed by atoms with E-state index in [0.29, 0.717) is 11.0 Å². The Labute approximate surface area is 168 Å². The lowest BCUT2D eigenvalue weighted by Crippen LogP contribution is -2.56. The Kier molecular flexibility index (Phi) is 5.11. The number of carbonyl (C=O) groups excluding carboxylic acids is 2. The molecule has 5 nitrogen and oxygen atoms in total. The van der Waals surface area contributed by atoms with Crippen LogP contribution in [-0.2, 0) is 4.79 Å². The van der Waals surface area contributed by atoms with Crippen LogP contribution in [0.25, 0.3) is 0 Å². The van der Waals surface area contributed by atoms with E-state index in [2.05, 4.69) is 17.6 Å². The summed E-state index contributed by atoms with van der Waals surface area (Å²) < 4.78 is 0. The Balaban J connectivity index is 1.29. The van der Waals surface area contributed by atoms with Crippen LogP contribution in [0.2, 0.25) is 0 Å². The highest BCUT2D eigenvalue weighted by molar-refractivity contribution is 5.94. The topological polar surface area (TPSA) is 61.4 Å². The van der Waals surface area contributed by atoms with Crippen molar-refractivity contribution in [3.63, 3.8) is 0 Å². The number of benzene rings is 1. The molecule has 4 bridgehead atoms. The molecular weight excluding hydrogens is 350 g/mol. The standard InChI is InChI=1S/C23H33N3O2/c1-15(23-11-16-8-17(12-23)10-18(9-16)13-23)25-21(27)14-24-20-6-4-19(5-7-20)22(28)26(2)3/h4-7,15-18,24H,8-14H2,1-3H3,(H,25,27). The van der Waals surface area contributed by atoms with Crippen molar-refractivity contribution >= 4 is 17.5 Å². The van der Waals surface area contributed by atoms with Gasteiger partial charge in [-0.15, -0.1) is 0 Å². The van der Waals surface area contributed by atoms with Gasteiger partial charge in [0.25, 0.3) is 5.91 Å². The van der Waals surface area contributed by atoms with E-state index < -0.39 is 0 Å². The summed E-state index contributed by atoms with van der Waals surface area (Å²) in [6.45, 7) is 2.48. The summed E-state index contributed by atoms with van der Waals surface area (Å²) in [4.78, 5) is 26.1. The summed E-state index contributed by atoms with van der Waals surface area (Å²) in [5.74, 6) is 2.72. The average Bonchev–Trinajstić information content (AvgIpc) is 2.65. The zero-order valence-electron chi connectivity index (χ0n) is 17.3. The first-order valence-electron chi connectivity index (χ1n) is 10.7. The number of carbonyl (C=O) groups is 2. The number of nitrogens with zero attached hydrogens (tertiary/aromatic N) is 1. The highest BCUT2D eigenvalue weighted by Crippen LogP contribution is 2.61. The quantitative estimate of drug-likeness (QED) is 0.790. The molecule has 2 amide bonds. The van der Waals surface area contributed by atoms with Crippen molar-refractivity contribution in [2.75, 3.05) is 26.0 Å². The molecule has 152 valence electrons. The normalized spacial score (nSPS) is 31.3. The molecule has 4 aliphatic rings. The van der Waals surface area contributed by atoms with Gasteiger partial charge >= 0.3 is 0 Å². The average molecular weight is 384 g/mol. The van der Waals surface area contributed by atoms with Gasteiger partial charge in [0, 0.05) is 31.4 Å². The van der Waals surface area contributed by atoms with Crippen LogP contribution in [0.3, 0.4) is 0 Å². The van der Waals surface area contributed by atoms with E-state index in [0.717, 1.165) is 23.4 Å². The summed E-state index contributed by atoms with van der Waals surface area (Å²) in [6.07, 6.45) is 8.18. The SMILES string of the molecule is CC(NC(=O)CNc1ccc(C(=O)N(C)C)cc1)C12CC3CC(CC(C3)C1)C2. The summed E-state index contributed by atoms with van der Waals surface area (Å²) in [7, 11) is 3.48. The van der Waals surface area contributed by atoms with Crippen LogP contribution in [-0.4, -0.2) is 43.4 Å². The largest absolute Gasteiger partial charge is 0.376 e. The number of hydrogen-bond acceptors (Lipinski definition) is 3. The molecule has 5 heteroatoms. The first kappa shape index (κ1) is 19.3. The lowest BCUT2D eigenvalue weighted by Gasteiger charge is -2.59. The third kappa shape index (κ3) is 3.76. The van der Waals surface area contributed by atoms with Gasteiger partial charge in [-0.25, -0.2) is 0 Å². The number of rotatable bonds is 6. The maximum Gasteiger partial charge on any atom is 0.253 e. The molecule has 0 radical (unpaired) electrons. The lowest BCUT2D eigenvalue weighted by atomic mass is 9.48. The molecule has 1 aromatic carbocycles. The molecule has 5 rings (SSSR count). The van der Waals surface area contributed by atoms with Gasteiger partial charge in [0.2, 0.25) is 5.91 Å². The highest BCUT2D eigenvalue weighted by Gasteiger charge is 2.53. The zero-order valence-corrected chi connectivity index (χ0v) is 17.3. The van der Waals surface area contributed by atoms with Gasteiger partial charge in [-0.2, -0.15) is 0 Å². The van der Waals surface area contributed by atoms with Crippen LogP contribution in [0.5, 0.6) is 0 Å². The number of hydrogen-bond donors (Lipinski definition) is 2. The molecule has 1 aromatic rings. The molecular formula is C23H33N3O2. The monoisotopic (exact) mass is 383 g/mol. The van der Waals surface area contributed by atoms with Gasteiger partial charge in [-0.05, 0) is 92.9 Å². The zero-order chi connectivity index (χ0) is 19.9. The van der Waals surface area contributed by atoms with Gasteiger partial charge < -0.3 is 15.5 Å². The molecule has 0 heterocycles. The summed E-state index contributed by atoms with van der Waals surface area (Å²) in [6, 6.07) is 7.54. The molecule has 1 atom stereocenters. The van der Waals surface area contributed by atoms with E-state index in [1.54, 1.807) is 31.1 Å². The van der Waals surface area contributed by atoms with Crippen molar-refractivity contribution in [3.05, 3.63) is 29.8 Å². The second-order valence-electron chi connectivity index (χ2n) is 9.70. The van der Waals surface area contributed by atoms with Crippen LogP contribution in [0.4, 0.5) is 5.69 Å². The fraction of sp³-hybridized carbons (Fsp3) is 0.652. The van der Waals surface area contributed by atoms with Crippen LogP contribution in [0.15, 0.2) is 24.3 Å². The predicted molar refractivity (Wildman–Crippen MR) is 111 cm³/mol. The molecule has 0 spiro atoms. The van der Waals surface area contributed by atoms with E-state index >= 15 is 0 Å². The summed E-state index contributed by atoms with van der Waals surface area (Å²) in [5.41, 5.74) is 1.84. The van der Waals surface area contributed by atoms with Gasteiger partial charge in [0.1, 0.15) is 0 Å². The molecule has 4 saturated carbocycles. The number of amides is 2. The fourth-order valence-corrected chi connectivity index (χ4v) is 6.32. The molecule has 0 aliphatic heterocycles. The Bertz CT molecular complexity index is 705. The Morgan fingerprint density at radius 2 is 1.57 bits per heavy atom. The Morgan fingerprint density at radius 1 is 1.04 bits per heavy atom. The maximum absolute atomic E-state index is 12.5. The molecule has 28 heavy (non-hydrogen) atoms. The number of nitrogens with one attached hydrogen (secondary N) is 2. The number of anilines is 1. The van der Waals surface area contributed by atoms with E-state index in [1.807, 2.05) is 12.1 Å². The third-order valence-corrected chi connectivity index (χ3v) is 7.37. The van der Waals surface area contributed by atoms with E-state index in [4.69, 9.17) is 0 Å². The van der Waals surface area contributed by atoms with E-state index in [1.165, 1.54) is 38.5 Å². The Morgan fingerprint density at radius 3 is 2.07 bits per heavy atom. The molecule has 0 aromatic heterocycles. The van der Waals surface area contributed by atoms with Crippen LogP contribution < -0.4 is 10.6 Å². The summed E-state index contributed by atoms with van der Waals surface area (Å²) in [5, 5.41) is 6.47. The molecule has 4 aliphatic carbocycles. The van der Waals surface area contributed by atoms with Crippen molar-refractivity contribution in [1.82, 2.24) is 10.2 Å². The predicted octanol–water partition coefficient (Wildman–Crippen LogP) is 3.52. The lowest BCUT2D eigenvalue weighted by molar-refractivity contribution is -0.124. The minimum atomic E-state index is -0.0197. The van der Waals surface area contributed by atoms with Crippen molar-refractivity contribution < 1.29 is 9.59 Å². The minimum Gasteiger partial charge on any atom is -0.376 e. The first-order chi connectivity index (χ1) is 13.3. The second kappa shape index (κ2) is 7.41. The Hall–Kier alpha value is -2.04. The van der Waals surface area contributed by atoms with Crippen LogP contribution in [0.1, 0.15) is 55.8 Å². The summed E-state index contributed by atoms with van der Waals surface area (Å²) >= 11 is 0. The van der Waals surface area contributed by atoms with E-state index in [9.17, 15) is 9.59 Å². The first-order valence-corrected chi connectivity index (χ1v) is 10.7. The molecule has 2 N–H and O–H groups in total. The van der Waals surface area contributed by atoms with Gasteiger partial charge in [0.05, 0.1) is 6.54 Å². The van der Waals surface area contributed by atoms with Gasteiger partial charge in [-0.1, -0.05) is 0 Å². The fourth-order valence-electron chi connectivity index (χ4n) is 6.32. The molecule has 4 fully saturated rings. The third-order valence-electron chi connectivity index (χ3n) is 7.37. The van der Waals surface area contributed by atoms with Gasteiger partial charge in [0.15, 0.2) is 0 Å². The van der Waals surface area contributed by atoms with Crippen molar-refractivity contribution in [3.8, 4) is 0 Å². The van der Waals surface area contributed by atoms with Crippen molar-refractivity contribution in [2.24, 2.45) is 23.2 Å². The van der Waals surface area contributed by atoms with Crippen LogP contribution >= 0.6 is 0 Å². The minimum absolute atomic E-state index is 0.0197. The van der Waals surface area contributed by atoms with E-state index in [-0.39, 0.29) is 24.4 Å².